The van der Waals surface area contributed by atoms with Crippen molar-refractivity contribution in [3.8, 4) is 0 Å². The van der Waals surface area contributed by atoms with Gasteiger partial charge in [0.1, 0.15) is 12.2 Å². The molecular weight excluding hydrogens is 304 g/mol. The second-order valence-corrected chi connectivity index (χ2v) is 6.57. The molecule has 132 valence electrons. The van der Waals surface area contributed by atoms with Crippen LogP contribution < -0.4 is 0 Å². The highest BCUT2D eigenvalue weighted by Gasteiger charge is 2.29. The number of cyclic esters (lactones) is 1. The predicted octanol–water partition coefficient (Wildman–Crippen LogP) is 3.65. The van der Waals surface area contributed by atoms with E-state index in [0.29, 0.717) is 18.4 Å². The molecule has 4 nitrogen and oxygen atoms in total. The SMILES string of the molecule is CCCCC/C=C\C[C@H]1C=CC(=O)/C1=C\[C@@H](O)[C@@H]1CCCC(=O)O1. The van der Waals surface area contributed by atoms with Gasteiger partial charge in [0.2, 0.25) is 0 Å². The van der Waals surface area contributed by atoms with E-state index in [9.17, 15) is 14.7 Å². The Bertz CT molecular complexity index is 530. The van der Waals surface area contributed by atoms with Crippen LogP contribution in [-0.4, -0.2) is 29.1 Å². The molecule has 2 rings (SSSR count). The molecule has 1 saturated heterocycles. The number of carbonyl (C=O) groups is 2. The van der Waals surface area contributed by atoms with Gasteiger partial charge in [-0.05, 0) is 44.3 Å². The third-order valence-corrected chi connectivity index (χ3v) is 4.58. The van der Waals surface area contributed by atoms with Gasteiger partial charge in [-0.25, -0.2) is 0 Å². The van der Waals surface area contributed by atoms with E-state index in [1.165, 1.54) is 19.3 Å². The molecular formula is C20H28O4. The molecule has 0 saturated carbocycles. The number of carbonyl (C=O) groups excluding carboxylic acids is 2. The molecule has 0 aromatic heterocycles. The van der Waals surface area contributed by atoms with Crippen molar-refractivity contribution in [1.29, 1.82) is 0 Å². The van der Waals surface area contributed by atoms with E-state index >= 15 is 0 Å². The van der Waals surface area contributed by atoms with Gasteiger partial charge in [-0.2, -0.15) is 0 Å². The van der Waals surface area contributed by atoms with Crippen LogP contribution in [-0.2, 0) is 14.3 Å². The summed E-state index contributed by atoms with van der Waals surface area (Å²) < 4.78 is 5.19. The maximum absolute atomic E-state index is 12.0. The Morgan fingerprint density at radius 2 is 2.17 bits per heavy atom. The monoisotopic (exact) mass is 332 g/mol. The lowest BCUT2D eigenvalue weighted by Gasteiger charge is -2.25. The van der Waals surface area contributed by atoms with Gasteiger partial charge in [-0.3, -0.25) is 9.59 Å². The van der Waals surface area contributed by atoms with Crippen LogP contribution in [0.2, 0.25) is 0 Å². The van der Waals surface area contributed by atoms with Crippen LogP contribution in [0.5, 0.6) is 0 Å². The normalized spacial score (nSPS) is 27.2. The van der Waals surface area contributed by atoms with E-state index in [2.05, 4.69) is 19.1 Å². The Morgan fingerprint density at radius 1 is 1.33 bits per heavy atom. The van der Waals surface area contributed by atoms with Gasteiger partial charge in [0.25, 0.3) is 0 Å². The Morgan fingerprint density at radius 3 is 2.92 bits per heavy atom. The van der Waals surface area contributed by atoms with Crippen molar-refractivity contribution < 1.29 is 19.4 Å². The minimum Gasteiger partial charge on any atom is -0.459 e. The summed E-state index contributed by atoms with van der Waals surface area (Å²) in [5.41, 5.74) is 0.613. The van der Waals surface area contributed by atoms with Crippen LogP contribution in [0.25, 0.3) is 0 Å². The van der Waals surface area contributed by atoms with Crippen molar-refractivity contribution >= 4 is 11.8 Å². The van der Waals surface area contributed by atoms with Gasteiger partial charge >= 0.3 is 5.97 Å². The smallest absolute Gasteiger partial charge is 0.306 e. The van der Waals surface area contributed by atoms with Crippen LogP contribution in [0.15, 0.2) is 36.0 Å². The van der Waals surface area contributed by atoms with Crippen molar-refractivity contribution in [1.82, 2.24) is 0 Å². The summed E-state index contributed by atoms with van der Waals surface area (Å²) in [5, 5.41) is 10.3. The zero-order chi connectivity index (χ0) is 17.4. The fourth-order valence-electron chi connectivity index (χ4n) is 3.14. The highest BCUT2D eigenvalue weighted by Crippen LogP contribution is 2.27. The topological polar surface area (TPSA) is 63.6 Å². The zero-order valence-electron chi connectivity index (χ0n) is 14.4. The van der Waals surface area contributed by atoms with Gasteiger partial charge in [0.15, 0.2) is 5.78 Å². The van der Waals surface area contributed by atoms with Crippen LogP contribution in [0.3, 0.4) is 0 Å². The molecule has 1 heterocycles. The number of unbranched alkanes of at least 4 members (excludes halogenated alkanes) is 3. The number of rotatable bonds is 8. The Kier molecular flexibility index (Phi) is 7.44. The summed E-state index contributed by atoms with van der Waals surface area (Å²) in [6.45, 7) is 2.19. The van der Waals surface area contributed by atoms with E-state index in [1.807, 2.05) is 6.08 Å². The first kappa shape index (κ1) is 18.7. The number of allylic oxidation sites excluding steroid dienone is 5. The molecule has 0 radical (unpaired) electrons. The van der Waals surface area contributed by atoms with E-state index in [-0.39, 0.29) is 17.7 Å². The standard InChI is InChI=1S/C20H28O4/c1-2-3-4-5-6-7-9-15-12-13-17(21)16(15)14-18(22)19-10-8-11-20(23)24-19/h6-7,12-15,18-19,22H,2-5,8-11H2,1H3/b7-6-,16-14-/t15-,18+,19-/m0/s1. The maximum atomic E-state index is 12.0. The van der Waals surface area contributed by atoms with Crippen molar-refractivity contribution in [2.75, 3.05) is 0 Å². The molecule has 0 unspecified atom stereocenters. The molecule has 24 heavy (non-hydrogen) atoms. The number of hydrogen-bond acceptors (Lipinski definition) is 4. The molecule has 0 aromatic carbocycles. The van der Waals surface area contributed by atoms with Gasteiger partial charge in [-0.1, -0.05) is 38.0 Å². The lowest BCUT2D eigenvalue weighted by atomic mass is 9.94. The lowest BCUT2D eigenvalue weighted by molar-refractivity contribution is -0.158. The van der Waals surface area contributed by atoms with E-state index in [0.717, 1.165) is 19.3 Å². The summed E-state index contributed by atoms with van der Waals surface area (Å²) in [4.78, 5) is 23.4. The van der Waals surface area contributed by atoms with Crippen LogP contribution >= 0.6 is 0 Å². The molecule has 1 aliphatic heterocycles. The Labute approximate surface area is 144 Å². The molecule has 0 bridgehead atoms. The van der Waals surface area contributed by atoms with E-state index in [1.54, 1.807) is 12.2 Å². The first-order chi connectivity index (χ1) is 11.6. The minimum atomic E-state index is -0.913. The van der Waals surface area contributed by atoms with Crippen LogP contribution in [0.4, 0.5) is 0 Å². The Balaban J connectivity index is 1.91. The molecule has 2 aliphatic rings. The summed E-state index contributed by atoms with van der Waals surface area (Å²) in [6, 6.07) is 0. The molecule has 1 fully saturated rings. The average Bonchev–Trinajstić information content (AvgIpc) is 2.91. The highest BCUT2D eigenvalue weighted by atomic mass is 16.6. The average molecular weight is 332 g/mol. The molecule has 0 amide bonds. The number of hydrogen-bond donors (Lipinski definition) is 1. The minimum absolute atomic E-state index is 0.00821. The zero-order valence-corrected chi connectivity index (χ0v) is 14.4. The number of ether oxygens (including phenoxy) is 1. The van der Waals surface area contributed by atoms with E-state index < -0.39 is 12.2 Å². The number of aliphatic hydroxyl groups excluding tert-OH is 1. The molecule has 0 spiro atoms. The first-order valence-corrected chi connectivity index (χ1v) is 9.08. The molecule has 3 atom stereocenters. The van der Waals surface area contributed by atoms with Gasteiger partial charge in [0.05, 0.1) is 0 Å². The van der Waals surface area contributed by atoms with Gasteiger partial charge in [0, 0.05) is 17.9 Å². The van der Waals surface area contributed by atoms with Crippen molar-refractivity contribution in [3.05, 3.63) is 36.0 Å². The third kappa shape index (κ3) is 5.45. The fourth-order valence-corrected chi connectivity index (χ4v) is 3.14. The largest absolute Gasteiger partial charge is 0.459 e. The summed E-state index contributed by atoms with van der Waals surface area (Å²) >= 11 is 0. The highest BCUT2D eigenvalue weighted by molar-refractivity contribution is 6.07. The maximum Gasteiger partial charge on any atom is 0.306 e. The fraction of sp³-hybridized carbons (Fsp3) is 0.600. The Hall–Kier alpha value is -1.68. The van der Waals surface area contributed by atoms with Crippen LogP contribution in [0, 0.1) is 5.92 Å². The summed E-state index contributed by atoms with van der Waals surface area (Å²) in [7, 11) is 0. The number of aliphatic hydroxyl groups is 1. The van der Waals surface area contributed by atoms with Crippen molar-refractivity contribution in [2.24, 2.45) is 5.92 Å². The number of ketones is 1. The predicted molar refractivity (Wildman–Crippen MR) is 93.4 cm³/mol. The second-order valence-electron chi connectivity index (χ2n) is 6.57. The molecule has 4 heteroatoms. The molecule has 1 aliphatic carbocycles. The molecule has 1 N–H and O–H groups in total. The second kappa shape index (κ2) is 9.58. The lowest BCUT2D eigenvalue weighted by Crippen LogP contribution is -2.33. The van der Waals surface area contributed by atoms with Gasteiger partial charge < -0.3 is 9.84 Å². The third-order valence-electron chi connectivity index (χ3n) is 4.58. The van der Waals surface area contributed by atoms with Crippen molar-refractivity contribution in [2.45, 2.75) is 70.5 Å². The van der Waals surface area contributed by atoms with Crippen LogP contribution in [0.1, 0.15) is 58.3 Å². The van der Waals surface area contributed by atoms with Crippen molar-refractivity contribution in [3.63, 3.8) is 0 Å². The van der Waals surface area contributed by atoms with E-state index in [4.69, 9.17) is 4.74 Å². The summed E-state index contributed by atoms with van der Waals surface area (Å²) in [6.07, 6.45) is 15.1. The van der Waals surface area contributed by atoms with Gasteiger partial charge in [-0.15, -0.1) is 0 Å². The summed E-state index contributed by atoms with van der Waals surface area (Å²) in [5.74, 6) is -0.319. The molecule has 0 aromatic rings. The first-order valence-electron chi connectivity index (χ1n) is 9.08. The number of esters is 1. The quantitative estimate of drug-likeness (QED) is 0.319.